The number of likely N-dealkylation sites (N-methyl/N-ethyl adjacent to an activating group) is 1. The maximum Gasteiger partial charge on any atom is 0.242 e. The number of amides is 1. The SMILES string of the molecule is CNC(C)(C)C(=O)N1CCC(C)C2CCCCC21. The average molecular weight is 252 g/mol. The molecule has 3 nitrogen and oxygen atoms in total. The summed E-state index contributed by atoms with van der Waals surface area (Å²) >= 11 is 0. The summed E-state index contributed by atoms with van der Waals surface area (Å²) in [7, 11) is 1.88. The van der Waals surface area contributed by atoms with Gasteiger partial charge in [0.15, 0.2) is 0 Å². The van der Waals surface area contributed by atoms with Crippen LogP contribution in [0.1, 0.15) is 52.9 Å². The Morgan fingerprint density at radius 1 is 1.22 bits per heavy atom. The lowest BCUT2D eigenvalue weighted by atomic mass is 9.72. The summed E-state index contributed by atoms with van der Waals surface area (Å²) in [5, 5.41) is 3.15. The van der Waals surface area contributed by atoms with Gasteiger partial charge >= 0.3 is 0 Å². The van der Waals surface area contributed by atoms with E-state index in [2.05, 4.69) is 17.1 Å². The molecule has 0 aromatic heterocycles. The average Bonchev–Trinajstić information content (AvgIpc) is 2.39. The van der Waals surface area contributed by atoms with Gasteiger partial charge in [0.1, 0.15) is 0 Å². The number of nitrogens with zero attached hydrogens (tertiary/aromatic N) is 1. The van der Waals surface area contributed by atoms with Crippen LogP contribution in [0.25, 0.3) is 0 Å². The zero-order valence-electron chi connectivity index (χ0n) is 12.3. The first-order chi connectivity index (χ1) is 8.47. The van der Waals surface area contributed by atoms with Crippen LogP contribution >= 0.6 is 0 Å². The highest BCUT2D eigenvalue weighted by Gasteiger charge is 2.42. The van der Waals surface area contributed by atoms with Crippen molar-refractivity contribution in [1.82, 2.24) is 10.2 Å². The third-order valence-electron chi connectivity index (χ3n) is 5.16. The van der Waals surface area contributed by atoms with Crippen molar-refractivity contribution in [1.29, 1.82) is 0 Å². The fraction of sp³-hybridized carbons (Fsp3) is 0.933. The van der Waals surface area contributed by atoms with Gasteiger partial charge in [0.25, 0.3) is 0 Å². The third-order valence-corrected chi connectivity index (χ3v) is 5.16. The van der Waals surface area contributed by atoms with Gasteiger partial charge in [-0.1, -0.05) is 19.8 Å². The van der Waals surface area contributed by atoms with Crippen molar-refractivity contribution in [2.75, 3.05) is 13.6 Å². The van der Waals surface area contributed by atoms with Gasteiger partial charge in [0, 0.05) is 12.6 Å². The van der Waals surface area contributed by atoms with Crippen LogP contribution in [0, 0.1) is 11.8 Å². The van der Waals surface area contributed by atoms with Crippen LogP contribution < -0.4 is 5.32 Å². The maximum atomic E-state index is 12.7. The molecule has 0 spiro atoms. The number of carbonyl (C=O) groups excluding carboxylic acids is 1. The number of likely N-dealkylation sites (tertiary alicyclic amines) is 1. The zero-order chi connectivity index (χ0) is 13.3. The van der Waals surface area contributed by atoms with E-state index >= 15 is 0 Å². The number of piperidine rings is 1. The maximum absolute atomic E-state index is 12.7. The van der Waals surface area contributed by atoms with E-state index < -0.39 is 5.54 Å². The Bertz CT molecular complexity index is 314. The highest BCUT2D eigenvalue weighted by molar-refractivity contribution is 5.85. The van der Waals surface area contributed by atoms with E-state index in [-0.39, 0.29) is 5.91 Å². The number of nitrogens with one attached hydrogen (secondary N) is 1. The van der Waals surface area contributed by atoms with Gasteiger partial charge in [-0.3, -0.25) is 4.79 Å². The van der Waals surface area contributed by atoms with Crippen LogP contribution in [0.3, 0.4) is 0 Å². The van der Waals surface area contributed by atoms with Gasteiger partial charge in [-0.2, -0.15) is 0 Å². The molecule has 1 saturated carbocycles. The van der Waals surface area contributed by atoms with Gasteiger partial charge in [-0.25, -0.2) is 0 Å². The second kappa shape index (κ2) is 5.20. The second-order valence-electron chi connectivity index (χ2n) is 6.66. The van der Waals surface area contributed by atoms with Crippen LogP contribution in [0.4, 0.5) is 0 Å². The van der Waals surface area contributed by atoms with Gasteiger partial charge in [-0.15, -0.1) is 0 Å². The van der Waals surface area contributed by atoms with E-state index in [1.54, 1.807) is 0 Å². The van der Waals surface area contributed by atoms with Crippen molar-refractivity contribution in [2.24, 2.45) is 11.8 Å². The van der Waals surface area contributed by atoms with E-state index in [9.17, 15) is 4.79 Å². The molecular formula is C15H28N2O. The minimum Gasteiger partial charge on any atom is -0.338 e. The Morgan fingerprint density at radius 3 is 2.56 bits per heavy atom. The van der Waals surface area contributed by atoms with Crippen molar-refractivity contribution in [3.8, 4) is 0 Å². The first-order valence-electron chi connectivity index (χ1n) is 7.47. The Hall–Kier alpha value is -0.570. The minimum atomic E-state index is -0.428. The zero-order valence-corrected chi connectivity index (χ0v) is 12.3. The van der Waals surface area contributed by atoms with Crippen molar-refractivity contribution in [2.45, 2.75) is 64.5 Å². The number of carbonyl (C=O) groups is 1. The van der Waals surface area contributed by atoms with E-state index in [1.807, 2.05) is 20.9 Å². The van der Waals surface area contributed by atoms with E-state index in [1.165, 1.54) is 32.1 Å². The molecule has 0 aromatic rings. The Kier molecular flexibility index (Phi) is 4.00. The summed E-state index contributed by atoms with van der Waals surface area (Å²) < 4.78 is 0. The number of rotatable bonds is 2. The van der Waals surface area contributed by atoms with Crippen molar-refractivity contribution < 1.29 is 4.79 Å². The molecule has 2 aliphatic rings. The molecule has 0 aromatic carbocycles. The lowest BCUT2D eigenvalue weighted by molar-refractivity contribution is -0.144. The van der Waals surface area contributed by atoms with Crippen molar-refractivity contribution >= 4 is 5.91 Å². The highest BCUT2D eigenvalue weighted by Crippen LogP contribution is 2.39. The normalized spacial score (nSPS) is 33.1. The number of hydrogen-bond acceptors (Lipinski definition) is 2. The molecule has 2 rings (SSSR count). The minimum absolute atomic E-state index is 0.286. The van der Waals surface area contributed by atoms with Crippen LogP contribution in [0.15, 0.2) is 0 Å². The molecule has 1 N–H and O–H groups in total. The van der Waals surface area contributed by atoms with Crippen LogP contribution in [0.2, 0.25) is 0 Å². The van der Waals surface area contributed by atoms with E-state index in [4.69, 9.17) is 0 Å². The van der Waals surface area contributed by atoms with Gasteiger partial charge in [-0.05, 0) is 52.0 Å². The van der Waals surface area contributed by atoms with Crippen molar-refractivity contribution in [3.63, 3.8) is 0 Å². The van der Waals surface area contributed by atoms with Gasteiger partial charge < -0.3 is 10.2 Å². The summed E-state index contributed by atoms with van der Waals surface area (Å²) in [6.07, 6.45) is 6.34. The molecular weight excluding hydrogens is 224 g/mol. The molecule has 1 aliphatic carbocycles. The molecule has 1 amide bonds. The lowest BCUT2D eigenvalue weighted by Crippen LogP contribution is -2.60. The Balaban J connectivity index is 2.15. The fourth-order valence-corrected chi connectivity index (χ4v) is 3.63. The lowest BCUT2D eigenvalue weighted by Gasteiger charge is -2.49. The van der Waals surface area contributed by atoms with Crippen LogP contribution in [0.5, 0.6) is 0 Å². The molecule has 2 fully saturated rings. The largest absolute Gasteiger partial charge is 0.338 e. The molecule has 1 aliphatic heterocycles. The Morgan fingerprint density at radius 2 is 1.89 bits per heavy atom. The first-order valence-corrected chi connectivity index (χ1v) is 7.47. The molecule has 0 radical (unpaired) electrons. The molecule has 1 heterocycles. The standard InChI is InChI=1S/C15H28N2O/c1-11-9-10-17(14(18)15(2,3)16-4)13-8-6-5-7-12(11)13/h11-13,16H,5-10H2,1-4H3. The van der Waals surface area contributed by atoms with Crippen LogP contribution in [-0.4, -0.2) is 36.0 Å². The summed E-state index contributed by atoms with van der Waals surface area (Å²) in [4.78, 5) is 14.9. The quantitative estimate of drug-likeness (QED) is 0.818. The molecule has 0 bridgehead atoms. The van der Waals surface area contributed by atoms with Crippen LogP contribution in [-0.2, 0) is 4.79 Å². The number of fused-ring (bicyclic) bond motifs is 1. The van der Waals surface area contributed by atoms with Gasteiger partial charge in [0.2, 0.25) is 5.91 Å². The predicted octanol–water partition coefficient (Wildman–Crippen LogP) is 2.41. The summed E-state index contributed by atoms with van der Waals surface area (Å²) in [5.74, 6) is 1.81. The fourth-order valence-electron chi connectivity index (χ4n) is 3.63. The number of hydrogen-bond donors (Lipinski definition) is 1. The predicted molar refractivity (Wildman–Crippen MR) is 74.4 cm³/mol. The van der Waals surface area contributed by atoms with Crippen molar-refractivity contribution in [3.05, 3.63) is 0 Å². The second-order valence-corrected chi connectivity index (χ2v) is 6.66. The third kappa shape index (κ3) is 2.42. The highest BCUT2D eigenvalue weighted by atomic mass is 16.2. The molecule has 3 unspecified atom stereocenters. The monoisotopic (exact) mass is 252 g/mol. The molecule has 1 saturated heterocycles. The Labute approximate surface area is 111 Å². The molecule has 18 heavy (non-hydrogen) atoms. The smallest absolute Gasteiger partial charge is 0.242 e. The first kappa shape index (κ1) is 13.9. The molecule has 3 atom stereocenters. The topological polar surface area (TPSA) is 32.3 Å². The van der Waals surface area contributed by atoms with E-state index in [0.717, 1.165) is 18.4 Å². The summed E-state index contributed by atoms with van der Waals surface area (Å²) in [6.45, 7) is 7.30. The molecule has 104 valence electrons. The summed E-state index contributed by atoms with van der Waals surface area (Å²) in [5.41, 5.74) is -0.428. The van der Waals surface area contributed by atoms with E-state index in [0.29, 0.717) is 6.04 Å². The van der Waals surface area contributed by atoms with Gasteiger partial charge in [0.05, 0.1) is 5.54 Å². The summed E-state index contributed by atoms with van der Waals surface area (Å²) in [6, 6.07) is 0.502. The molecule has 3 heteroatoms.